The van der Waals surface area contributed by atoms with Crippen LogP contribution in [0.1, 0.15) is 0 Å². The Kier molecular flexibility index (Phi) is 6.15. The van der Waals surface area contributed by atoms with Crippen LogP contribution in [-0.4, -0.2) is 39.8 Å². The van der Waals surface area contributed by atoms with Crippen LogP contribution >= 0.6 is 45.0 Å². The van der Waals surface area contributed by atoms with Crippen LogP contribution in [0.15, 0.2) is 0 Å². The molecule has 0 amide bonds. The summed E-state index contributed by atoms with van der Waals surface area (Å²) in [5.74, 6) is 0. The van der Waals surface area contributed by atoms with E-state index in [4.69, 9.17) is 12.2 Å². The molecule has 2 heterocycles. The molecule has 0 aromatic heterocycles. The molecule has 2 saturated heterocycles. The zero-order chi connectivity index (χ0) is 19.2. The Hall–Kier alpha value is 3.13. The van der Waals surface area contributed by atoms with Gasteiger partial charge in [0.25, 0.3) is 0 Å². The Morgan fingerprint density at radius 3 is 1.29 bits per heavy atom. The maximum atomic E-state index is 6.77. The molecule has 10 heteroatoms. The van der Waals surface area contributed by atoms with Gasteiger partial charge in [0, 0.05) is 27.3 Å². The summed E-state index contributed by atoms with van der Waals surface area (Å²) in [5.41, 5.74) is 0. The summed E-state index contributed by atoms with van der Waals surface area (Å²) < 4.78 is 1.15. The zero-order valence-electron chi connectivity index (χ0n) is 17.5. The highest BCUT2D eigenvalue weighted by Crippen LogP contribution is 3.16. The fourth-order valence-corrected chi connectivity index (χ4v) is 122. The van der Waals surface area contributed by atoms with Gasteiger partial charge in [-0.2, -0.15) is 0 Å². The van der Waals surface area contributed by atoms with Crippen LogP contribution in [0.4, 0.5) is 0 Å². The van der Waals surface area contributed by atoms with E-state index in [1.54, 1.807) is 0 Å². The van der Waals surface area contributed by atoms with Crippen LogP contribution in [0.3, 0.4) is 0 Å². The van der Waals surface area contributed by atoms with Crippen molar-refractivity contribution in [1.82, 2.24) is 0 Å². The van der Waals surface area contributed by atoms with Gasteiger partial charge in [-0.25, -0.2) is 0 Å². The van der Waals surface area contributed by atoms with E-state index in [9.17, 15) is 0 Å². The minimum atomic E-state index is -1.42. The first-order valence-corrected chi connectivity index (χ1v) is 31.8. The molecule has 24 heavy (non-hydrogen) atoms. The average molecular weight is 507 g/mol. The summed E-state index contributed by atoms with van der Waals surface area (Å²) in [4.78, 5) is -1.42. The quantitative estimate of drug-likeness (QED) is 0.212. The van der Waals surface area contributed by atoms with E-state index in [2.05, 4.69) is 112 Å². The van der Waals surface area contributed by atoms with Gasteiger partial charge in [0.15, 0.2) is 0 Å². The molecule has 2 bridgehead atoms. The fraction of sp³-hybridized carbons (Fsp3) is 1.00. The molecule has 0 saturated carbocycles. The van der Waals surface area contributed by atoms with Crippen molar-refractivity contribution in [3.05, 3.63) is 0 Å². The topological polar surface area (TPSA) is 0 Å². The van der Waals surface area contributed by atoms with E-state index in [0.29, 0.717) is 7.47 Å². The highest BCUT2D eigenvalue weighted by Gasteiger charge is 2.83. The maximum Gasteiger partial charge on any atom is 0.106 e. The second-order valence-corrected chi connectivity index (χ2v) is 54.6. The van der Waals surface area contributed by atoms with E-state index in [1.807, 2.05) is 0 Å². The Labute approximate surface area is 174 Å². The second-order valence-electron chi connectivity index (χ2n) is 11.3. The molecule has 2 unspecified atom stereocenters. The van der Waals surface area contributed by atoms with Crippen LogP contribution in [0.5, 0.6) is 0 Å². The van der Waals surface area contributed by atoms with E-state index in [-0.39, 0.29) is 6.33 Å². The van der Waals surface area contributed by atoms with Crippen LogP contribution < -0.4 is 0 Å². The third-order valence-electron chi connectivity index (χ3n) is 5.36. The molecule has 2 aliphatic rings. The summed E-state index contributed by atoms with van der Waals surface area (Å²) in [6, 6.07) is 0. The summed E-state index contributed by atoms with van der Waals surface area (Å²) >= 11 is 14.2. The third-order valence-corrected chi connectivity index (χ3v) is 75.2. The molecule has 2 rings (SSSR count). The number of rotatable bonds is 4. The predicted molar refractivity (Wildman–Crippen MR) is 143 cm³/mol. The number of hydrogen-bond donors (Lipinski definition) is 0. The normalized spacial score (nSPS) is 33.1. The van der Waals surface area contributed by atoms with Crippen molar-refractivity contribution in [3.8, 4) is 0 Å². The lowest BCUT2D eigenvalue weighted by atomic mass is 11.7. The van der Waals surface area contributed by atoms with E-state index in [0.717, 1.165) is 0 Å². The minimum Gasteiger partial charge on any atom is -0.531 e. The standard InChI is InChI=1S/C14H36P2S4Si4/c1-21(2,3)13(22(4,5)6)15-18-14(23(7,8)9,24(10,11)12)16(17,19-13)20-15/h1-12H3. The Morgan fingerprint density at radius 2 is 1.08 bits per heavy atom. The van der Waals surface area contributed by atoms with Crippen LogP contribution in [-0.2, 0) is 12.2 Å². The largest absolute Gasteiger partial charge is 0.531 e. The molecule has 142 valence electrons. The molecular formula is C14H36P2S4Si4. The van der Waals surface area contributed by atoms with Gasteiger partial charge in [0.2, 0.25) is 0 Å². The Morgan fingerprint density at radius 1 is 0.708 bits per heavy atom. The van der Waals surface area contributed by atoms with Crippen molar-refractivity contribution in [2.75, 3.05) is 0 Å². The fourth-order valence-electron chi connectivity index (χ4n) is 4.92. The van der Waals surface area contributed by atoms with Gasteiger partial charge in [0.05, 0.1) is 26.2 Å². The number of fused-ring (bicyclic) bond motifs is 2. The first kappa shape index (κ1) is 23.4. The van der Waals surface area contributed by atoms with Gasteiger partial charge >= 0.3 is 0 Å². The number of hydrogen-bond acceptors (Lipinski definition) is 4. The van der Waals surface area contributed by atoms with Crippen molar-refractivity contribution < 1.29 is 0 Å². The summed E-state index contributed by atoms with van der Waals surface area (Å²) in [5, 5.41) is 0. The SMILES string of the molecule is C[Si](C)(C)C1([Si](C)(C)C)S[P+]2([S-])SP1SC2([Si](C)(C)C)[Si](C)(C)C. The first-order chi connectivity index (χ1) is 10.3. The zero-order valence-corrected chi connectivity index (χ0v) is 26.6. The highest BCUT2D eigenvalue weighted by atomic mass is 33.6. The van der Waals surface area contributed by atoms with Gasteiger partial charge in [-0.1, -0.05) is 89.9 Å². The summed E-state index contributed by atoms with van der Waals surface area (Å²) in [7, 11) is -5.26. The maximum absolute atomic E-state index is 6.77. The summed E-state index contributed by atoms with van der Waals surface area (Å²) in [6.07, 6.45) is -0.0233. The van der Waals surface area contributed by atoms with Crippen molar-refractivity contribution in [2.24, 2.45) is 0 Å². The molecule has 0 aliphatic carbocycles. The third kappa shape index (κ3) is 2.97. The highest BCUT2D eigenvalue weighted by molar-refractivity contribution is 9.36. The van der Waals surface area contributed by atoms with E-state index >= 15 is 0 Å². The molecule has 2 atom stereocenters. The lowest BCUT2D eigenvalue weighted by molar-refractivity contribution is 1.37. The monoisotopic (exact) mass is 506 g/mol. The van der Waals surface area contributed by atoms with Crippen LogP contribution in [0, 0.1) is 0 Å². The lowest BCUT2D eigenvalue weighted by Crippen LogP contribution is -2.67. The molecule has 0 spiro atoms. The molecule has 2 aliphatic heterocycles. The van der Waals surface area contributed by atoms with Gasteiger partial charge in [0.1, 0.15) is 19.9 Å². The smallest absolute Gasteiger partial charge is 0.106 e. The van der Waals surface area contributed by atoms with Crippen LogP contribution in [0.2, 0.25) is 78.6 Å². The van der Waals surface area contributed by atoms with Crippen molar-refractivity contribution >= 4 is 89.5 Å². The van der Waals surface area contributed by atoms with Gasteiger partial charge in [-0.05, 0) is 0 Å². The Bertz CT molecular complexity index is 505. The van der Waals surface area contributed by atoms with Gasteiger partial charge in [-0.15, -0.1) is 0 Å². The summed E-state index contributed by atoms with van der Waals surface area (Å²) in [6.45, 7) is 31.7. The lowest BCUT2D eigenvalue weighted by Gasteiger charge is -2.60. The van der Waals surface area contributed by atoms with Gasteiger partial charge < -0.3 is 12.2 Å². The molecule has 0 aromatic rings. The molecule has 2 fully saturated rings. The molecule has 0 N–H and O–H groups in total. The molecule has 0 nitrogen and oxygen atoms in total. The van der Waals surface area contributed by atoms with Crippen molar-refractivity contribution in [1.29, 1.82) is 0 Å². The van der Waals surface area contributed by atoms with Crippen molar-refractivity contribution in [3.63, 3.8) is 0 Å². The predicted octanol–water partition coefficient (Wildman–Crippen LogP) is 8.74. The first-order valence-electron chi connectivity index (χ1n) is 8.77. The van der Waals surface area contributed by atoms with Crippen LogP contribution in [0.25, 0.3) is 0 Å². The Balaban J connectivity index is 2.68. The average Bonchev–Trinajstić information content (AvgIpc) is 2.72. The molecule has 0 radical (unpaired) electrons. The van der Waals surface area contributed by atoms with Gasteiger partial charge in [-0.3, -0.25) is 0 Å². The van der Waals surface area contributed by atoms with E-state index in [1.165, 1.54) is 0 Å². The van der Waals surface area contributed by atoms with Crippen molar-refractivity contribution in [2.45, 2.75) is 86.0 Å². The molecular weight excluding hydrogens is 471 g/mol. The second kappa shape index (κ2) is 6.31. The van der Waals surface area contributed by atoms with E-state index < -0.39 is 37.2 Å². The molecule has 0 aromatic carbocycles. The minimum absolute atomic E-state index is 0.0233.